The molecule has 2 aromatic carbocycles. The van der Waals surface area contributed by atoms with E-state index in [1.807, 2.05) is 0 Å². The molecule has 2 N–H and O–H groups in total. The van der Waals surface area contributed by atoms with Gasteiger partial charge >= 0.3 is 0 Å². The van der Waals surface area contributed by atoms with Crippen molar-refractivity contribution in [1.29, 1.82) is 0 Å². The van der Waals surface area contributed by atoms with Gasteiger partial charge in [0.25, 0.3) is 12.3 Å². The zero-order valence-corrected chi connectivity index (χ0v) is 14.3. The first-order valence-corrected chi connectivity index (χ1v) is 8.32. The highest BCUT2D eigenvalue weighted by Gasteiger charge is 2.20. The molecule has 1 amide bonds. The Balaban J connectivity index is 1.77. The third-order valence-corrected chi connectivity index (χ3v) is 4.17. The van der Waals surface area contributed by atoms with Gasteiger partial charge < -0.3 is 10.3 Å². The summed E-state index contributed by atoms with van der Waals surface area (Å²) in [5.41, 5.74) is 0.664. The van der Waals surface area contributed by atoms with E-state index in [1.165, 1.54) is 6.07 Å². The Morgan fingerprint density at radius 2 is 1.93 bits per heavy atom. The molecule has 0 atom stereocenters. The molecule has 5 nitrogen and oxygen atoms in total. The van der Waals surface area contributed by atoms with Gasteiger partial charge in [0.2, 0.25) is 0 Å². The highest BCUT2D eigenvalue weighted by Crippen LogP contribution is 2.32. The molecule has 0 aliphatic rings. The van der Waals surface area contributed by atoms with Gasteiger partial charge in [0.05, 0.1) is 11.1 Å². The van der Waals surface area contributed by atoms with Gasteiger partial charge in [-0.25, -0.2) is 23.1 Å². The molecule has 8 heteroatoms. The van der Waals surface area contributed by atoms with Gasteiger partial charge in [-0.15, -0.1) is 0 Å². The number of H-pyrrole nitrogens is 1. The van der Waals surface area contributed by atoms with E-state index in [-0.39, 0.29) is 17.0 Å². The molecule has 0 bridgehead atoms. The topological polar surface area (TPSA) is 70.7 Å². The second-order valence-corrected chi connectivity index (χ2v) is 5.99. The first-order chi connectivity index (χ1) is 13.5. The van der Waals surface area contributed by atoms with Gasteiger partial charge in [-0.05, 0) is 42.5 Å². The number of fused-ring (bicyclic) bond motifs is 1. The van der Waals surface area contributed by atoms with Crippen LogP contribution in [0.15, 0.2) is 60.8 Å². The van der Waals surface area contributed by atoms with Crippen molar-refractivity contribution in [1.82, 2.24) is 15.0 Å². The van der Waals surface area contributed by atoms with Crippen LogP contribution in [0.3, 0.4) is 0 Å². The Morgan fingerprint density at radius 1 is 1.07 bits per heavy atom. The number of aromatic amines is 1. The maximum atomic E-state index is 13.4. The van der Waals surface area contributed by atoms with Gasteiger partial charge in [0.15, 0.2) is 0 Å². The van der Waals surface area contributed by atoms with Crippen molar-refractivity contribution in [3.05, 3.63) is 77.7 Å². The molecule has 4 rings (SSSR count). The van der Waals surface area contributed by atoms with E-state index in [9.17, 15) is 18.0 Å². The molecule has 2 aromatic heterocycles. The number of carbonyl (C=O) groups is 1. The van der Waals surface area contributed by atoms with E-state index in [0.717, 1.165) is 12.1 Å². The molecule has 0 spiro atoms. The zero-order chi connectivity index (χ0) is 19.7. The molecule has 0 unspecified atom stereocenters. The van der Waals surface area contributed by atoms with Crippen molar-refractivity contribution in [2.24, 2.45) is 0 Å². The number of carbonyl (C=O) groups excluding carboxylic acids is 1. The summed E-state index contributed by atoms with van der Waals surface area (Å²) >= 11 is 0. The van der Waals surface area contributed by atoms with Crippen molar-refractivity contribution in [2.45, 2.75) is 6.43 Å². The maximum absolute atomic E-state index is 13.4. The smallest absolute Gasteiger partial charge is 0.264 e. The number of imidazole rings is 1. The van der Waals surface area contributed by atoms with Crippen LogP contribution < -0.4 is 5.32 Å². The molecule has 140 valence electrons. The fourth-order valence-corrected chi connectivity index (χ4v) is 2.89. The minimum absolute atomic E-state index is 0.0729. The normalized spacial score (nSPS) is 11.1. The number of rotatable bonds is 4. The van der Waals surface area contributed by atoms with Crippen LogP contribution in [0.2, 0.25) is 0 Å². The molecule has 0 saturated heterocycles. The quantitative estimate of drug-likeness (QED) is 0.524. The van der Waals surface area contributed by atoms with Crippen LogP contribution >= 0.6 is 0 Å². The number of alkyl halides is 2. The molecule has 4 aromatic rings. The minimum Gasteiger partial charge on any atom is -0.338 e. The second kappa shape index (κ2) is 7.15. The molecule has 2 heterocycles. The summed E-state index contributed by atoms with van der Waals surface area (Å²) in [7, 11) is 0. The number of nitrogens with zero attached hydrogens (tertiary/aromatic N) is 2. The van der Waals surface area contributed by atoms with Crippen LogP contribution in [-0.2, 0) is 0 Å². The number of pyridine rings is 1. The number of aromatic nitrogens is 3. The van der Waals surface area contributed by atoms with E-state index in [2.05, 4.69) is 20.3 Å². The molecule has 0 aliphatic carbocycles. The van der Waals surface area contributed by atoms with E-state index in [1.54, 1.807) is 42.6 Å². The molecule has 0 radical (unpaired) electrons. The van der Waals surface area contributed by atoms with Crippen LogP contribution in [0.1, 0.15) is 22.3 Å². The Kier molecular flexibility index (Phi) is 4.52. The SMILES string of the molecule is O=C(Nc1ccccn1)c1cccc2[nH]c(-c3ccc(F)cc3C(F)F)nc12. The van der Waals surface area contributed by atoms with Gasteiger partial charge in [-0.2, -0.15) is 0 Å². The lowest BCUT2D eigenvalue weighted by molar-refractivity contribution is 0.102. The molecular weight excluding hydrogens is 369 g/mol. The number of para-hydroxylation sites is 1. The van der Waals surface area contributed by atoms with Gasteiger partial charge in [0, 0.05) is 17.3 Å². The number of hydrogen-bond acceptors (Lipinski definition) is 3. The highest BCUT2D eigenvalue weighted by atomic mass is 19.3. The monoisotopic (exact) mass is 382 g/mol. The lowest BCUT2D eigenvalue weighted by Gasteiger charge is -2.06. The average Bonchev–Trinajstić information content (AvgIpc) is 3.12. The molecule has 0 fully saturated rings. The summed E-state index contributed by atoms with van der Waals surface area (Å²) in [6.45, 7) is 0. The maximum Gasteiger partial charge on any atom is 0.264 e. The Bertz CT molecular complexity index is 1160. The molecule has 0 saturated carbocycles. The number of halogens is 3. The van der Waals surface area contributed by atoms with E-state index in [0.29, 0.717) is 16.9 Å². The number of benzene rings is 2. The van der Waals surface area contributed by atoms with Gasteiger partial charge in [0.1, 0.15) is 23.0 Å². The molecule has 0 aliphatic heterocycles. The number of amides is 1. The van der Waals surface area contributed by atoms with Crippen LogP contribution in [0, 0.1) is 5.82 Å². The summed E-state index contributed by atoms with van der Waals surface area (Å²) < 4.78 is 40.0. The van der Waals surface area contributed by atoms with Crippen molar-refractivity contribution in [2.75, 3.05) is 5.32 Å². The fraction of sp³-hybridized carbons (Fsp3) is 0.0500. The second-order valence-electron chi connectivity index (χ2n) is 5.99. The first kappa shape index (κ1) is 17.7. The van der Waals surface area contributed by atoms with Crippen molar-refractivity contribution < 1.29 is 18.0 Å². The lowest BCUT2D eigenvalue weighted by Crippen LogP contribution is -2.13. The minimum atomic E-state index is -2.87. The predicted molar refractivity (Wildman–Crippen MR) is 98.6 cm³/mol. The third kappa shape index (κ3) is 3.32. The van der Waals surface area contributed by atoms with E-state index in [4.69, 9.17) is 0 Å². The average molecular weight is 382 g/mol. The standard InChI is InChI=1S/C20H13F3N4O/c21-11-7-8-12(14(10-11)18(22)23)19-25-15-5-3-4-13(17(15)27-19)20(28)26-16-6-1-2-9-24-16/h1-10,18H,(H,25,27)(H,24,26,28). The fourth-order valence-electron chi connectivity index (χ4n) is 2.89. The molecule has 28 heavy (non-hydrogen) atoms. The van der Waals surface area contributed by atoms with Gasteiger partial charge in [-0.1, -0.05) is 12.1 Å². The van der Waals surface area contributed by atoms with Gasteiger partial charge in [-0.3, -0.25) is 4.79 Å². The van der Waals surface area contributed by atoms with E-state index < -0.39 is 23.7 Å². The Labute approximate surface area is 157 Å². The largest absolute Gasteiger partial charge is 0.338 e. The number of hydrogen-bond donors (Lipinski definition) is 2. The van der Waals surface area contributed by atoms with Crippen LogP contribution in [0.25, 0.3) is 22.4 Å². The Morgan fingerprint density at radius 3 is 2.68 bits per heavy atom. The van der Waals surface area contributed by atoms with E-state index >= 15 is 0 Å². The van der Waals surface area contributed by atoms with Crippen molar-refractivity contribution >= 4 is 22.8 Å². The highest BCUT2D eigenvalue weighted by molar-refractivity contribution is 6.11. The summed E-state index contributed by atoms with van der Waals surface area (Å²) in [6.07, 6.45) is -1.32. The summed E-state index contributed by atoms with van der Waals surface area (Å²) in [5, 5.41) is 2.66. The first-order valence-electron chi connectivity index (χ1n) is 8.32. The van der Waals surface area contributed by atoms with Crippen LogP contribution in [0.5, 0.6) is 0 Å². The van der Waals surface area contributed by atoms with Crippen molar-refractivity contribution in [3.8, 4) is 11.4 Å². The van der Waals surface area contributed by atoms with Crippen LogP contribution in [0.4, 0.5) is 19.0 Å². The summed E-state index contributed by atoms with van der Waals surface area (Å²) in [4.78, 5) is 23.9. The number of anilines is 1. The zero-order valence-electron chi connectivity index (χ0n) is 14.3. The molecular formula is C20H13F3N4O. The summed E-state index contributed by atoms with van der Waals surface area (Å²) in [5.74, 6) is -0.691. The Hall–Kier alpha value is -3.68. The predicted octanol–water partition coefficient (Wildman–Crippen LogP) is 4.95. The third-order valence-electron chi connectivity index (χ3n) is 4.17. The lowest BCUT2D eigenvalue weighted by atomic mass is 10.1. The number of nitrogens with one attached hydrogen (secondary N) is 2. The van der Waals surface area contributed by atoms with Crippen LogP contribution in [-0.4, -0.2) is 20.9 Å². The van der Waals surface area contributed by atoms with Crippen molar-refractivity contribution in [3.63, 3.8) is 0 Å². The summed E-state index contributed by atoms with van der Waals surface area (Å²) in [6, 6.07) is 13.1.